The SMILES string of the molecule is Cc1ccccc1N(c1csc2ccccc12)c1cc(N(c2ccccc2C)c2csc3ccccc23)c2ccc3c(N(c4ccccc4C)c4csc5ccccc45)cc(N(c4ccccc4C)c4csc5ccccc45)c4ccc1c2c43. The first-order valence-corrected chi connectivity index (χ1v) is 32.0. The lowest BCUT2D eigenvalue weighted by molar-refractivity contribution is 1.25. The van der Waals surface area contributed by atoms with Crippen molar-refractivity contribution in [2.75, 3.05) is 19.6 Å². The van der Waals surface area contributed by atoms with Crippen molar-refractivity contribution in [3.63, 3.8) is 0 Å². The molecular weight excluding hydrogens is 1100 g/mol. The van der Waals surface area contributed by atoms with Gasteiger partial charge < -0.3 is 19.6 Å². The van der Waals surface area contributed by atoms with Gasteiger partial charge in [-0.3, -0.25) is 0 Å². The number of thiophene rings is 4. The van der Waals surface area contributed by atoms with E-state index in [9.17, 15) is 0 Å². The summed E-state index contributed by atoms with van der Waals surface area (Å²) in [5.74, 6) is 0. The van der Waals surface area contributed by atoms with Crippen molar-refractivity contribution in [1.82, 2.24) is 0 Å². The van der Waals surface area contributed by atoms with Crippen LogP contribution in [0.1, 0.15) is 22.3 Å². The molecule has 0 aliphatic rings. The summed E-state index contributed by atoms with van der Waals surface area (Å²) in [6, 6.07) is 86.0. The van der Waals surface area contributed by atoms with Crippen molar-refractivity contribution in [1.29, 1.82) is 0 Å². The standard InChI is InChI=1S/C76H54N4S4/c1-47-21-5-13-29-59(47)77(67-43-81-71-33-17-9-25-51(67)71)63-41-64(78(60-30-14-6-22-48(60)2)68-44-82-72-34-18-10-26-52(68)72)56-39-40-58-66(80(62-32-16-8-24-50(62)4)70-46-84-74-36-20-12-28-54(70)74)42-65(57-38-37-55(63)75(56)76(57)58)79(61-31-15-7-23-49(61)3)69-45-83-73-35-19-11-27-53(69)73/h5-46H,1-4H3. The van der Waals surface area contributed by atoms with E-state index < -0.39 is 0 Å². The smallest absolute Gasteiger partial charge is 0.0647 e. The van der Waals surface area contributed by atoms with E-state index in [0.717, 1.165) is 68.2 Å². The van der Waals surface area contributed by atoms with Crippen LogP contribution in [0.4, 0.5) is 68.2 Å². The Balaban J connectivity index is 1.13. The highest BCUT2D eigenvalue weighted by Crippen LogP contribution is 2.58. The summed E-state index contributed by atoms with van der Waals surface area (Å²) in [7, 11) is 0. The van der Waals surface area contributed by atoms with Crippen molar-refractivity contribution in [3.8, 4) is 0 Å². The third-order valence-electron chi connectivity index (χ3n) is 17.0. The van der Waals surface area contributed by atoms with Crippen LogP contribution in [0.15, 0.2) is 252 Å². The normalized spacial score (nSPS) is 11.8. The molecule has 16 aromatic rings. The van der Waals surface area contributed by atoms with Gasteiger partial charge >= 0.3 is 0 Å². The Bertz CT molecular complexity index is 4570. The number of para-hydroxylation sites is 4. The van der Waals surface area contributed by atoms with Crippen LogP contribution in [0.3, 0.4) is 0 Å². The van der Waals surface area contributed by atoms with Crippen molar-refractivity contribution in [2.24, 2.45) is 0 Å². The Morgan fingerprint density at radius 3 is 0.655 bits per heavy atom. The molecule has 0 spiro atoms. The Hall–Kier alpha value is -9.28. The number of rotatable bonds is 12. The Kier molecular flexibility index (Phi) is 12.2. The highest BCUT2D eigenvalue weighted by molar-refractivity contribution is 7.19. The van der Waals surface area contributed by atoms with Crippen molar-refractivity contribution >= 4 is 186 Å². The monoisotopic (exact) mass is 1150 g/mol. The highest BCUT2D eigenvalue weighted by atomic mass is 32.1. The maximum absolute atomic E-state index is 2.57. The van der Waals surface area contributed by atoms with E-state index in [-0.39, 0.29) is 0 Å². The molecule has 0 saturated carbocycles. The minimum absolute atomic E-state index is 1.11. The summed E-state index contributed by atoms with van der Waals surface area (Å²) in [5.41, 5.74) is 18.4. The Morgan fingerprint density at radius 1 is 0.202 bits per heavy atom. The molecule has 84 heavy (non-hydrogen) atoms. The first kappa shape index (κ1) is 50.4. The van der Waals surface area contributed by atoms with Gasteiger partial charge in [0.25, 0.3) is 0 Å². The lowest BCUT2D eigenvalue weighted by atomic mass is 9.88. The van der Waals surface area contributed by atoms with E-state index in [4.69, 9.17) is 0 Å². The summed E-state index contributed by atoms with van der Waals surface area (Å²) >= 11 is 7.23. The van der Waals surface area contributed by atoms with Gasteiger partial charge in [-0.05, 0) is 111 Å². The van der Waals surface area contributed by atoms with Crippen LogP contribution in [-0.2, 0) is 0 Å². The van der Waals surface area contributed by atoms with Crippen molar-refractivity contribution in [2.45, 2.75) is 27.7 Å². The van der Waals surface area contributed by atoms with Crippen molar-refractivity contribution in [3.05, 3.63) is 274 Å². The van der Waals surface area contributed by atoms with Gasteiger partial charge in [0, 0.05) is 117 Å². The molecule has 0 N–H and O–H groups in total. The molecule has 0 saturated heterocycles. The maximum Gasteiger partial charge on any atom is 0.0647 e. The fourth-order valence-corrected chi connectivity index (χ4v) is 16.7. The first-order chi connectivity index (χ1) is 41.4. The van der Waals surface area contributed by atoms with E-state index >= 15 is 0 Å². The van der Waals surface area contributed by atoms with Gasteiger partial charge in [-0.2, -0.15) is 0 Å². The molecule has 0 fully saturated rings. The second-order valence-electron chi connectivity index (χ2n) is 21.9. The topological polar surface area (TPSA) is 13.0 Å². The van der Waals surface area contributed by atoms with E-state index in [1.54, 1.807) is 45.3 Å². The van der Waals surface area contributed by atoms with Gasteiger partial charge in [-0.15, -0.1) is 45.3 Å². The van der Waals surface area contributed by atoms with Crippen molar-refractivity contribution < 1.29 is 0 Å². The minimum atomic E-state index is 1.11. The molecule has 0 atom stereocenters. The van der Waals surface area contributed by atoms with E-state index in [2.05, 4.69) is 299 Å². The van der Waals surface area contributed by atoms with Gasteiger partial charge in [0.2, 0.25) is 0 Å². The first-order valence-electron chi connectivity index (χ1n) is 28.4. The van der Waals surface area contributed by atoms with Gasteiger partial charge in [0.1, 0.15) is 0 Å². The molecule has 16 rings (SSSR count). The number of hydrogen-bond donors (Lipinski definition) is 0. The second-order valence-corrected chi connectivity index (χ2v) is 25.5. The Morgan fingerprint density at radius 2 is 0.417 bits per heavy atom. The molecule has 0 amide bonds. The third-order valence-corrected chi connectivity index (χ3v) is 20.8. The van der Waals surface area contributed by atoms with E-state index in [0.29, 0.717) is 0 Å². The number of aryl methyl sites for hydroxylation is 4. The van der Waals surface area contributed by atoms with Crippen LogP contribution >= 0.6 is 45.3 Å². The van der Waals surface area contributed by atoms with Crippen LogP contribution in [0.5, 0.6) is 0 Å². The van der Waals surface area contributed by atoms with Crippen LogP contribution in [0.2, 0.25) is 0 Å². The molecule has 12 aromatic carbocycles. The number of nitrogens with zero attached hydrogens (tertiary/aromatic N) is 4. The highest BCUT2D eigenvalue weighted by Gasteiger charge is 2.32. The summed E-state index contributed by atoms with van der Waals surface area (Å²) < 4.78 is 5.00. The molecule has 4 heterocycles. The predicted octanol–water partition coefficient (Wildman–Crippen LogP) is 24.6. The summed E-state index contributed by atoms with van der Waals surface area (Å²) in [6.07, 6.45) is 0. The average molecular weight is 1150 g/mol. The molecule has 0 bridgehead atoms. The quantitative estimate of drug-likeness (QED) is 0.113. The van der Waals surface area contributed by atoms with Gasteiger partial charge in [0.15, 0.2) is 0 Å². The molecule has 402 valence electrons. The lowest BCUT2D eigenvalue weighted by Gasteiger charge is -2.35. The fourth-order valence-electron chi connectivity index (χ4n) is 13.0. The minimum Gasteiger partial charge on any atom is -0.308 e. The fraction of sp³-hybridized carbons (Fsp3) is 0.0526. The number of fused-ring (bicyclic) bond motifs is 4. The zero-order valence-corrected chi connectivity index (χ0v) is 49.9. The lowest BCUT2D eigenvalue weighted by Crippen LogP contribution is -2.16. The zero-order chi connectivity index (χ0) is 56.2. The van der Waals surface area contributed by atoms with Gasteiger partial charge in [-0.25, -0.2) is 0 Å². The second kappa shape index (κ2) is 20.3. The van der Waals surface area contributed by atoms with Crippen LogP contribution < -0.4 is 19.6 Å². The van der Waals surface area contributed by atoms with Crippen LogP contribution in [0.25, 0.3) is 72.7 Å². The molecule has 4 nitrogen and oxygen atoms in total. The largest absolute Gasteiger partial charge is 0.308 e. The molecule has 0 radical (unpaired) electrons. The van der Waals surface area contributed by atoms with E-state index in [1.165, 1.54) is 94.9 Å². The summed E-state index contributed by atoms with van der Waals surface area (Å²) in [4.78, 5) is 10.3. The number of hydrogen-bond acceptors (Lipinski definition) is 8. The third kappa shape index (κ3) is 7.96. The van der Waals surface area contributed by atoms with Gasteiger partial charge in [0.05, 0.1) is 45.5 Å². The maximum atomic E-state index is 2.57. The number of anilines is 12. The molecule has 0 aliphatic carbocycles. The molecule has 0 unspecified atom stereocenters. The predicted molar refractivity (Wildman–Crippen MR) is 369 cm³/mol. The molecule has 0 aliphatic heterocycles. The molecular formula is C76H54N4S4. The average Bonchev–Trinajstić information content (AvgIpc) is 1.05. The Labute approximate surface area is 504 Å². The van der Waals surface area contributed by atoms with E-state index in [1.807, 2.05) is 0 Å². The van der Waals surface area contributed by atoms with Gasteiger partial charge in [-0.1, -0.05) is 170 Å². The number of benzene rings is 12. The molecule has 8 heteroatoms. The van der Waals surface area contributed by atoms with Crippen LogP contribution in [0, 0.1) is 27.7 Å². The zero-order valence-electron chi connectivity index (χ0n) is 46.7. The summed E-state index contributed by atoms with van der Waals surface area (Å²) in [6.45, 7) is 9.02. The van der Waals surface area contributed by atoms with Crippen LogP contribution in [-0.4, -0.2) is 0 Å². The summed E-state index contributed by atoms with van der Waals surface area (Å²) in [5, 5.41) is 21.4. The molecule has 4 aromatic heterocycles.